The van der Waals surface area contributed by atoms with E-state index >= 15 is 0 Å². The lowest BCUT2D eigenvalue weighted by Crippen LogP contribution is -2.47. The predicted octanol–water partition coefficient (Wildman–Crippen LogP) is 2.35. The van der Waals surface area contributed by atoms with Crippen molar-refractivity contribution in [1.82, 2.24) is 14.8 Å². The Morgan fingerprint density at radius 3 is 2.66 bits per heavy atom. The molecular formula is C25H29N3O4. The average Bonchev–Trinajstić information content (AvgIpc) is 3.08. The molecule has 2 aliphatic rings. The summed E-state index contributed by atoms with van der Waals surface area (Å²) in [7, 11) is 1.66. The first-order chi connectivity index (χ1) is 15.5. The van der Waals surface area contributed by atoms with E-state index in [4.69, 9.17) is 4.74 Å². The summed E-state index contributed by atoms with van der Waals surface area (Å²) in [5.41, 5.74) is 0.368. The minimum Gasteiger partial charge on any atom is -0.380 e. The molecule has 4 rings (SSSR count). The summed E-state index contributed by atoms with van der Waals surface area (Å²) in [6.07, 6.45) is 3.97. The van der Waals surface area contributed by atoms with E-state index in [0.717, 1.165) is 18.5 Å². The van der Waals surface area contributed by atoms with Gasteiger partial charge in [0.05, 0.1) is 11.5 Å². The summed E-state index contributed by atoms with van der Waals surface area (Å²) < 4.78 is 5.45. The minimum absolute atomic E-state index is 0.00531. The number of pyridine rings is 1. The van der Waals surface area contributed by atoms with Gasteiger partial charge in [-0.2, -0.15) is 0 Å². The zero-order valence-electron chi connectivity index (χ0n) is 18.4. The van der Waals surface area contributed by atoms with Crippen LogP contribution in [0, 0.1) is 0 Å². The molecule has 2 fully saturated rings. The lowest BCUT2D eigenvalue weighted by Gasteiger charge is -2.35. The number of imide groups is 1. The van der Waals surface area contributed by atoms with Crippen molar-refractivity contribution in [2.24, 2.45) is 0 Å². The maximum atomic E-state index is 13.7. The quantitative estimate of drug-likeness (QED) is 0.624. The predicted molar refractivity (Wildman–Crippen MR) is 119 cm³/mol. The fourth-order valence-corrected chi connectivity index (χ4v) is 4.75. The molecule has 1 aromatic heterocycles. The second-order valence-corrected chi connectivity index (χ2v) is 8.56. The molecule has 3 amide bonds. The zero-order valence-corrected chi connectivity index (χ0v) is 18.4. The number of ether oxygens (including phenoxy) is 1. The molecule has 0 saturated carbocycles. The molecule has 2 unspecified atom stereocenters. The summed E-state index contributed by atoms with van der Waals surface area (Å²) in [5.74, 6) is -0.641. The molecule has 2 aromatic rings. The zero-order chi connectivity index (χ0) is 22.6. The molecule has 2 saturated heterocycles. The fraction of sp³-hybridized carbons (Fsp3) is 0.440. The number of hydrogen-bond acceptors (Lipinski definition) is 5. The van der Waals surface area contributed by atoms with Gasteiger partial charge in [0.2, 0.25) is 17.7 Å². The Bertz CT molecular complexity index is 966. The highest BCUT2D eigenvalue weighted by Gasteiger charge is 2.54. The summed E-state index contributed by atoms with van der Waals surface area (Å²) in [6, 6.07) is 14.8. The third-order valence-electron chi connectivity index (χ3n) is 6.57. The second-order valence-electron chi connectivity index (χ2n) is 8.56. The van der Waals surface area contributed by atoms with Crippen molar-refractivity contribution in [3.63, 3.8) is 0 Å². The number of benzene rings is 1. The van der Waals surface area contributed by atoms with Crippen LogP contribution < -0.4 is 0 Å². The number of aromatic nitrogens is 1. The van der Waals surface area contributed by atoms with Crippen molar-refractivity contribution in [2.75, 3.05) is 26.7 Å². The lowest BCUT2D eigenvalue weighted by atomic mass is 9.75. The second kappa shape index (κ2) is 9.61. The van der Waals surface area contributed by atoms with Crippen LogP contribution in [-0.2, 0) is 31.0 Å². The van der Waals surface area contributed by atoms with E-state index in [1.54, 1.807) is 18.2 Å². The summed E-state index contributed by atoms with van der Waals surface area (Å²) in [6.45, 7) is 1.42. The maximum absolute atomic E-state index is 13.7. The molecule has 0 radical (unpaired) electrons. The molecule has 168 valence electrons. The minimum atomic E-state index is -1.17. The van der Waals surface area contributed by atoms with Gasteiger partial charge in [0.25, 0.3) is 0 Å². The van der Waals surface area contributed by atoms with E-state index in [1.165, 1.54) is 4.90 Å². The smallest absolute Gasteiger partial charge is 0.240 e. The Balaban J connectivity index is 1.57. The van der Waals surface area contributed by atoms with Crippen LogP contribution in [0.2, 0.25) is 0 Å². The fourth-order valence-electron chi connectivity index (χ4n) is 4.75. The van der Waals surface area contributed by atoms with Crippen molar-refractivity contribution in [1.29, 1.82) is 0 Å². The van der Waals surface area contributed by atoms with Crippen LogP contribution in [0.15, 0.2) is 54.7 Å². The first-order valence-electron chi connectivity index (χ1n) is 11.1. The van der Waals surface area contributed by atoms with Crippen LogP contribution in [0.3, 0.4) is 0 Å². The van der Waals surface area contributed by atoms with Gasteiger partial charge in [-0.15, -0.1) is 0 Å². The molecule has 0 bridgehead atoms. The van der Waals surface area contributed by atoms with Gasteiger partial charge in [-0.05, 0) is 30.5 Å². The number of carbonyl (C=O) groups is 3. The molecule has 7 nitrogen and oxygen atoms in total. The Kier molecular flexibility index (Phi) is 6.65. The number of nitrogens with zero attached hydrogens (tertiary/aromatic N) is 3. The number of piperidine rings is 1. The van der Waals surface area contributed by atoms with Crippen molar-refractivity contribution < 1.29 is 19.1 Å². The van der Waals surface area contributed by atoms with Gasteiger partial charge >= 0.3 is 0 Å². The van der Waals surface area contributed by atoms with E-state index in [-0.39, 0.29) is 43.2 Å². The van der Waals surface area contributed by atoms with Gasteiger partial charge in [0.15, 0.2) is 0 Å². The Morgan fingerprint density at radius 2 is 1.94 bits per heavy atom. The van der Waals surface area contributed by atoms with Gasteiger partial charge in [-0.3, -0.25) is 24.3 Å². The van der Waals surface area contributed by atoms with Gasteiger partial charge in [0, 0.05) is 57.9 Å². The van der Waals surface area contributed by atoms with Crippen LogP contribution in [0.1, 0.15) is 36.9 Å². The van der Waals surface area contributed by atoms with Gasteiger partial charge in [-0.1, -0.05) is 36.4 Å². The Hall–Kier alpha value is -3.06. The van der Waals surface area contributed by atoms with E-state index in [9.17, 15) is 14.4 Å². The number of hydrogen-bond donors (Lipinski definition) is 0. The number of amides is 3. The number of methoxy groups -OCH3 is 1. The number of carbonyl (C=O) groups excluding carboxylic acids is 3. The molecule has 2 aliphatic heterocycles. The van der Waals surface area contributed by atoms with Crippen LogP contribution in [-0.4, -0.2) is 65.4 Å². The molecule has 1 aromatic carbocycles. The van der Waals surface area contributed by atoms with Crippen molar-refractivity contribution in [2.45, 2.75) is 43.6 Å². The largest absolute Gasteiger partial charge is 0.380 e. The normalized spacial score (nSPS) is 23.6. The maximum Gasteiger partial charge on any atom is 0.240 e. The Morgan fingerprint density at radius 1 is 1.16 bits per heavy atom. The SMILES string of the molecule is COC1CCCN(C(=O)CC2(c3ccccc3)CC(=O)N(CCc3ccccn3)C2=O)C1. The van der Waals surface area contributed by atoms with Gasteiger partial charge in [0.1, 0.15) is 0 Å². The van der Waals surface area contributed by atoms with Crippen LogP contribution in [0.25, 0.3) is 0 Å². The summed E-state index contributed by atoms with van der Waals surface area (Å²) in [5, 5.41) is 0. The lowest BCUT2D eigenvalue weighted by molar-refractivity contribution is -0.143. The third kappa shape index (κ3) is 4.43. The average molecular weight is 436 g/mol. The Labute approximate surface area is 188 Å². The summed E-state index contributed by atoms with van der Waals surface area (Å²) >= 11 is 0. The number of rotatable bonds is 7. The van der Waals surface area contributed by atoms with Crippen molar-refractivity contribution in [3.05, 3.63) is 66.0 Å². The molecule has 7 heteroatoms. The molecular weight excluding hydrogens is 406 g/mol. The van der Waals surface area contributed by atoms with Crippen LogP contribution >= 0.6 is 0 Å². The molecule has 0 N–H and O–H groups in total. The standard InChI is InChI=1S/C25H29N3O4/c1-32-21-11-7-14-27(18-21)22(29)16-25(19-8-3-2-4-9-19)17-23(30)28(24(25)31)15-12-20-10-5-6-13-26-20/h2-6,8-10,13,21H,7,11-12,14-18H2,1H3. The molecule has 32 heavy (non-hydrogen) atoms. The van der Waals surface area contributed by atoms with Gasteiger partial charge < -0.3 is 9.64 Å². The first-order valence-corrected chi connectivity index (χ1v) is 11.1. The monoisotopic (exact) mass is 435 g/mol. The third-order valence-corrected chi connectivity index (χ3v) is 6.57. The highest BCUT2D eigenvalue weighted by atomic mass is 16.5. The van der Waals surface area contributed by atoms with Crippen LogP contribution in [0.4, 0.5) is 0 Å². The highest BCUT2D eigenvalue weighted by Crippen LogP contribution is 2.40. The van der Waals surface area contributed by atoms with Gasteiger partial charge in [-0.25, -0.2) is 0 Å². The summed E-state index contributed by atoms with van der Waals surface area (Å²) in [4.78, 5) is 47.4. The first kappa shape index (κ1) is 22.1. The molecule has 3 heterocycles. The highest BCUT2D eigenvalue weighted by molar-refractivity contribution is 6.10. The molecule has 2 atom stereocenters. The van der Waals surface area contributed by atoms with E-state index in [0.29, 0.717) is 25.1 Å². The van der Waals surface area contributed by atoms with E-state index in [2.05, 4.69) is 4.98 Å². The van der Waals surface area contributed by atoms with E-state index < -0.39 is 5.41 Å². The molecule has 0 aliphatic carbocycles. The topological polar surface area (TPSA) is 79.8 Å². The van der Waals surface area contributed by atoms with Crippen molar-refractivity contribution >= 4 is 17.7 Å². The van der Waals surface area contributed by atoms with Crippen molar-refractivity contribution in [3.8, 4) is 0 Å². The molecule has 0 spiro atoms. The van der Waals surface area contributed by atoms with E-state index in [1.807, 2.05) is 48.5 Å². The number of likely N-dealkylation sites (tertiary alicyclic amines) is 2. The van der Waals surface area contributed by atoms with Crippen LogP contribution in [0.5, 0.6) is 0 Å².